The minimum atomic E-state index is -0.444. The molecule has 50 valence electrons. The molecule has 0 heterocycles. The van der Waals surface area contributed by atoms with Gasteiger partial charge in [-0.15, -0.1) is 0 Å². The number of nitrogens with two attached hydrogens (primary N) is 1. The smallest absolute Gasteiger partial charge is 1.00 e. The molecule has 2 N–H and O–H groups in total. The molecule has 0 aromatic heterocycles. The van der Waals surface area contributed by atoms with Crippen LogP contribution >= 0.6 is 0 Å². The number of methoxy groups -OCH3 is 1. The van der Waals surface area contributed by atoms with E-state index < -0.39 is 6.04 Å². The van der Waals surface area contributed by atoms with Gasteiger partial charge in [0.25, 0.3) is 0 Å². The Balaban J connectivity index is -0.000000245. The maximum absolute atomic E-state index is 10.4. The molecule has 0 fully saturated rings. The van der Waals surface area contributed by atoms with E-state index in [0.29, 0.717) is 6.42 Å². The molecule has 1 atom stereocenters. The fourth-order valence-corrected chi connectivity index (χ4v) is 0.318. The summed E-state index contributed by atoms with van der Waals surface area (Å²) >= 11 is 0. The summed E-state index contributed by atoms with van der Waals surface area (Å²) in [4.78, 5) is 10.4. The summed E-state index contributed by atoms with van der Waals surface area (Å²) in [5.74, 6) is -0.340. The molecule has 1 unspecified atom stereocenters. The summed E-state index contributed by atoms with van der Waals surface area (Å²) in [6.07, 6.45) is 0.632. The molecule has 0 saturated heterocycles. The second kappa shape index (κ2) is 6.55. The van der Waals surface area contributed by atoms with Crippen molar-refractivity contribution in [3.05, 3.63) is 0 Å². The van der Waals surface area contributed by atoms with Crippen LogP contribution in [0.2, 0.25) is 0 Å². The Hall–Kier alpha value is 0.430. The summed E-state index contributed by atoms with van der Waals surface area (Å²) in [6, 6.07) is -0.444. The van der Waals surface area contributed by atoms with Crippen molar-refractivity contribution in [3.63, 3.8) is 0 Å². The first-order chi connectivity index (χ1) is 3.72. The van der Waals surface area contributed by atoms with Crippen molar-refractivity contribution in [2.45, 2.75) is 19.4 Å². The van der Waals surface area contributed by atoms with E-state index in [1.807, 2.05) is 6.92 Å². The summed E-state index contributed by atoms with van der Waals surface area (Å²) in [5.41, 5.74) is 5.25. The van der Waals surface area contributed by atoms with Crippen LogP contribution in [0.4, 0.5) is 0 Å². The van der Waals surface area contributed by atoms with Gasteiger partial charge < -0.3 is 11.9 Å². The zero-order valence-corrected chi connectivity index (χ0v) is 8.18. The second-order valence-electron chi connectivity index (χ2n) is 1.54. The molecule has 0 bridgehead atoms. The van der Waals surface area contributed by atoms with E-state index in [4.69, 9.17) is 5.73 Å². The Morgan fingerprint density at radius 2 is 2.33 bits per heavy atom. The van der Waals surface area contributed by atoms with E-state index in [0.717, 1.165) is 0 Å². The number of ether oxygens (including phenoxy) is 1. The van der Waals surface area contributed by atoms with E-state index >= 15 is 0 Å². The molecule has 0 radical (unpaired) electrons. The predicted molar refractivity (Wildman–Crippen MR) is 31.4 cm³/mol. The van der Waals surface area contributed by atoms with Crippen molar-refractivity contribution >= 4 is 5.97 Å². The van der Waals surface area contributed by atoms with Gasteiger partial charge in [-0.1, -0.05) is 6.92 Å². The van der Waals surface area contributed by atoms with Crippen molar-refractivity contribution in [2.75, 3.05) is 7.11 Å². The maximum atomic E-state index is 10.4. The molecular weight excluding hydrogens is 129 g/mol. The maximum Gasteiger partial charge on any atom is 1.00 e. The van der Waals surface area contributed by atoms with Crippen LogP contribution in [0.3, 0.4) is 0 Å². The Kier molecular flexibility index (Phi) is 8.83. The largest absolute Gasteiger partial charge is 1.00 e. The Morgan fingerprint density at radius 1 is 1.89 bits per heavy atom. The molecule has 0 aromatic rings. The third-order valence-electron chi connectivity index (χ3n) is 0.944. The van der Waals surface area contributed by atoms with Crippen LogP contribution in [0.15, 0.2) is 0 Å². The van der Waals surface area contributed by atoms with Crippen molar-refractivity contribution in [2.24, 2.45) is 5.73 Å². The van der Waals surface area contributed by atoms with Crippen LogP contribution in [-0.4, -0.2) is 19.1 Å². The number of hydrogen-bond acceptors (Lipinski definition) is 3. The van der Waals surface area contributed by atoms with Gasteiger partial charge in [-0.2, -0.15) is 0 Å². The van der Waals surface area contributed by atoms with Gasteiger partial charge in [0.1, 0.15) is 6.04 Å². The van der Waals surface area contributed by atoms with E-state index in [9.17, 15) is 4.79 Å². The van der Waals surface area contributed by atoms with Crippen molar-refractivity contribution in [3.8, 4) is 0 Å². The molecule has 3 nitrogen and oxygen atoms in total. The van der Waals surface area contributed by atoms with Crippen LogP contribution in [0.25, 0.3) is 0 Å². The first-order valence-electron chi connectivity index (χ1n) is 2.55. The van der Waals surface area contributed by atoms with Crippen LogP contribution in [0.1, 0.15) is 14.8 Å². The number of carbonyl (C=O) groups is 1. The van der Waals surface area contributed by atoms with E-state index in [1.54, 1.807) is 0 Å². The van der Waals surface area contributed by atoms with E-state index in [1.165, 1.54) is 7.11 Å². The van der Waals surface area contributed by atoms with Crippen molar-refractivity contribution < 1.29 is 40.5 Å². The molecule has 0 aliphatic carbocycles. The minimum absolute atomic E-state index is 0. The molecule has 0 aliphatic rings. The van der Waals surface area contributed by atoms with Gasteiger partial charge in [-0.05, 0) is 6.42 Å². The van der Waals surface area contributed by atoms with Gasteiger partial charge in [0, 0.05) is 0 Å². The standard InChI is InChI=1S/C5H11NO2.Na.H/c1-3-4(6)5(7)8-2;;/h4H,3,6H2,1-2H3;;/q;+1;-1. The topological polar surface area (TPSA) is 52.3 Å². The molecule has 0 aliphatic heterocycles. The van der Waals surface area contributed by atoms with Gasteiger partial charge in [-0.25, -0.2) is 0 Å². The summed E-state index contributed by atoms with van der Waals surface area (Å²) < 4.78 is 4.34. The van der Waals surface area contributed by atoms with Gasteiger partial charge in [0.15, 0.2) is 0 Å². The minimum Gasteiger partial charge on any atom is -1.00 e. The Bertz CT molecular complexity index is 91.7. The number of hydrogen-bond donors (Lipinski definition) is 1. The molecule has 0 saturated carbocycles. The molecule has 0 spiro atoms. The monoisotopic (exact) mass is 141 g/mol. The Labute approximate surface area is 78.7 Å². The quantitative estimate of drug-likeness (QED) is 0.329. The second-order valence-corrected chi connectivity index (χ2v) is 1.54. The first kappa shape index (κ1) is 12.1. The molecular formula is C5H12NNaO2. The summed E-state index contributed by atoms with van der Waals surface area (Å²) in [7, 11) is 1.33. The predicted octanol–water partition coefficient (Wildman–Crippen LogP) is -2.99. The first-order valence-corrected chi connectivity index (χ1v) is 2.55. The van der Waals surface area contributed by atoms with E-state index in [-0.39, 0.29) is 37.0 Å². The normalized spacial score (nSPS) is 11.4. The molecule has 0 rings (SSSR count). The summed E-state index contributed by atoms with van der Waals surface area (Å²) in [6.45, 7) is 1.83. The number of esters is 1. The zero-order chi connectivity index (χ0) is 6.57. The zero-order valence-electron chi connectivity index (χ0n) is 7.18. The fourth-order valence-electron chi connectivity index (χ4n) is 0.318. The number of carbonyl (C=O) groups excluding carboxylic acids is 1. The van der Waals surface area contributed by atoms with Gasteiger partial charge in [-0.3, -0.25) is 4.79 Å². The SMILES string of the molecule is CCC(N)C(=O)OC.[H-].[Na+]. The molecule has 9 heavy (non-hydrogen) atoms. The average Bonchev–Trinajstić information content (AvgIpc) is 1.84. The van der Waals surface area contributed by atoms with Crippen LogP contribution in [0.5, 0.6) is 0 Å². The molecule has 0 amide bonds. The third kappa shape index (κ3) is 4.90. The fraction of sp³-hybridized carbons (Fsp3) is 0.800. The molecule has 4 heteroatoms. The van der Waals surface area contributed by atoms with Gasteiger partial charge in [0.05, 0.1) is 7.11 Å². The summed E-state index contributed by atoms with van der Waals surface area (Å²) in [5, 5.41) is 0. The van der Waals surface area contributed by atoms with E-state index in [2.05, 4.69) is 4.74 Å². The van der Waals surface area contributed by atoms with Crippen LogP contribution < -0.4 is 35.3 Å². The van der Waals surface area contributed by atoms with Crippen LogP contribution in [0, 0.1) is 0 Å². The average molecular weight is 141 g/mol. The van der Waals surface area contributed by atoms with Crippen molar-refractivity contribution in [1.82, 2.24) is 0 Å². The van der Waals surface area contributed by atoms with Gasteiger partial charge in [0.2, 0.25) is 0 Å². The van der Waals surface area contributed by atoms with Crippen molar-refractivity contribution in [1.29, 1.82) is 0 Å². The number of rotatable bonds is 2. The Morgan fingerprint density at radius 3 is 2.44 bits per heavy atom. The third-order valence-corrected chi connectivity index (χ3v) is 0.944. The molecule has 0 aromatic carbocycles. The van der Waals surface area contributed by atoms with Gasteiger partial charge >= 0.3 is 35.5 Å². The van der Waals surface area contributed by atoms with Crippen LogP contribution in [-0.2, 0) is 9.53 Å².